The van der Waals surface area contributed by atoms with E-state index in [1.165, 1.54) is 12.8 Å². The number of likely N-dealkylation sites (tertiary alicyclic amines) is 1. The molecule has 1 aromatic heterocycles. The van der Waals surface area contributed by atoms with Gasteiger partial charge in [-0.2, -0.15) is 0 Å². The van der Waals surface area contributed by atoms with Crippen LogP contribution in [0.4, 0.5) is 0 Å². The van der Waals surface area contributed by atoms with Crippen molar-refractivity contribution in [2.24, 2.45) is 5.92 Å². The summed E-state index contributed by atoms with van der Waals surface area (Å²) in [6, 6.07) is 3.58. The average molecular weight is 304 g/mol. The Morgan fingerprint density at radius 2 is 2.14 bits per heavy atom. The normalized spacial score (nSPS) is 26.9. The maximum atomic E-state index is 12.3. The Labute approximate surface area is 129 Å². The lowest BCUT2D eigenvalue weighted by molar-refractivity contribution is 0.0287. The van der Waals surface area contributed by atoms with Crippen LogP contribution in [0.1, 0.15) is 29.6 Å². The topological polar surface area (TPSA) is 42.4 Å². The predicted octanol–water partition coefficient (Wildman–Crippen LogP) is 2.21. The fourth-order valence-electron chi connectivity index (χ4n) is 3.16. The highest BCUT2D eigenvalue weighted by molar-refractivity contribution is 8.01. The van der Waals surface area contributed by atoms with E-state index in [1.54, 1.807) is 24.5 Å². The van der Waals surface area contributed by atoms with Crippen LogP contribution in [0.2, 0.25) is 0 Å². The first kappa shape index (κ1) is 13.6. The second kappa shape index (κ2) is 5.29. The Morgan fingerprint density at radius 3 is 2.86 bits per heavy atom. The van der Waals surface area contributed by atoms with Crippen molar-refractivity contribution in [1.82, 2.24) is 9.88 Å². The fraction of sp³-hybridized carbons (Fsp3) is 0.625. The smallest absolute Gasteiger partial charge is 0.254 e. The summed E-state index contributed by atoms with van der Waals surface area (Å²) in [6.07, 6.45) is 7.54. The van der Waals surface area contributed by atoms with Gasteiger partial charge < -0.3 is 9.64 Å². The van der Waals surface area contributed by atoms with Gasteiger partial charge in [0.2, 0.25) is 0 Å². The molecule has 21 heavy (non-hydrogen) atoms. The molecule has 112 valence electrons. The first-order valence-electron chi connectivity index (χ1n) is 7.69. The van der Waals surface area contributed by atoms with Crippen LogP contribution >= 0.6 is 11.8 Å². The lowest BCUT2D eigenvalue weighted by Crippen LogP contribution is -2.60. The fourth-order valence-corrected chi connectivity index (χ4v) is 4.71. The van der Waals surface area contributed by atoms with Crippen molar-refractivity contribution in [2.45, 2.75) is 30.1 Å². The highest BCUT2D eigenvalue weighted by Gasteiger charge is 2.51. The second-order valence-corrected chi connectivity index (χ2v) is 7.98. The van der Waals surface area contributed by atoms with Gasteiger partial charge in [-0.3, -0.25) is 9.78 Å². The number of carbonyl (C=O) groups is 1. The largest absolute Gasteiger partial charge is 0.377 e. The van der Waals surface area contributed by atoms with Crippen LogP contribution in [0, 0.1) is 5.92 Å². The van der Waals surface area contributed by atoms with Crippen molar-refractivity contribution < 1.29 is 9.53 Å². The summed E-state index contributed by atoms with van der Waals surface area (Å²) >= 11 is 2.00. The van der Waals surface area contributed by atoms with Crippen LogP contribution in [0.15, 0.2) is 24.5 Å². The Morgan fingerprint density at radius 1 is 1.38 bits per heavy atom. The van der Waals surface area contributed by atoms with Crippen LogP contribution in [0.3, 0.4) is 0 Å². The van der Waals surface area contributed by atoms with Gasteiger partial charge in [-0.25, -0.2) is 0 Å². The van der Waals surface area contributed by atoms with Gasteiger partial charge in [-0.1, -0.05) is 0 Å². The second-order valence-electron chi connectivity index (χ2n) is 6.49. The van der Waals surface area contributed by atoms with Crippen molar-refractivity contribution in [2.75, 3.05) is 25.4 Å². The molecule has 3 heterocycles. The standard InChI is InChI=1S/C16H20N2O2S/c19-15(13-3-5-17-6-4-13)18-10-16(11-18)7-14(9-21-16)20-8-12-1-2-12/h3-6,12,14H,1-2,7-11H2/t14-/m0/s1. The molecular formula is C16H20N2O2S. The molecule has 1 aliphatic carbocycles. The predicted molar refractivity (Wildman–Crippen MR) is 82.4 cm³/mol. The van der Waals surface area contributed by atoms with Gasteiger partial charge in [0, 0.05) is 43.4 Å². The van der Waals surface area contributed by atoms with Gasteiger partial charge in [-0.05, 0) is 37.3 Å². The molecule has 1 aromatic rings. The van der Waals surface area contributed by atoms with Crippen molar-refractivity contribution in [3.05, 3.63) is 30.1 Å². The summed E-state index contributed by atoms with van der Waals surface area (Å²) in [7, 11) is 0. The van der Waals surface area contributed by atoms with Crippen LogP contribution in [0.5, 0.6) is 0 Å². The van der Waals surface area contributed by atoms with Gasteiger partial charge in [0.05, 0.1) is 10.9 Å². The lowest BCUT2D eigenvalue weighted by atomic mass is 9.92. The van der Waals surface area contributed by atoms with Gasteiger partial charge in [0.15, 0.2) is 0 Å². The number of pyridine rings is 1. The summed E-state index contributed by atoms with van der Waals surface area (Å²) in [5, 5.41) is 0. The summed E-state index contributed by atoms with van der Waals surface area (Å²) in [5.41, 5.74) is 0.740. The van der Waals surface area contributed by atoms with Crippen molar-refractivity contribution in [1.29, 1.82) is 0 Å². The van der Waals surface area contributed by atoms with E-state index < -0.39 is 0 Å². The zero-order chi connectivity index (χ0) is 14.3. The first-order chi connectivity index (χ1) is 10.2. The minimum atomic E-state index is 0.131. The van der Waals surface area contributed by atoms with Crippen LogP contribution in [-0.4, -0.2) is 52.1 Å². The van der Waals surface area contributed by atoms with Crippen molar-refractivity contribution in [3.63, 3.8) is 0 Å². The maximum absolute atomic E-state index is 12.3. The van der Waals surface area contributed by atoms with Gasteiger partial charge in [0.25, 0.3) is 5.91 Å². The van der Waals surface area contributed by atoms with E-state index in [9.17, 15) is 4.79 Å². The molecule has 2 aliphatic heterocycles. The Hall–Kier alpha value is -1.07. The lowest BCUT2D eigenvalue weighted by Gasteiger charge is -2.47. The summed E-state index contributed by atoms with van der Waals surface area (Å²) < 4.78 is 6.27. The monoisotopic (exact) mass is 304 g/mol. The zero-order valence-electron chi connectivity index (χ0n) is 12.0. The first-order valence-corrected chi connectivity index (χ1v) is 8.68. The third-order valence-corrected chi connectivity index (χ3v) is 6.19. The molecule has 1 amide bonds. The molecule has 4 nitrogen and oxygen atoms in total. The van der Waals surface area contributed by atoms with Crippen LogP contribution in [0.25, 0.3) is 0 Å². The number of aromatic nitrogens is 1. The minimum Gasteiger partial charge on any atom is -0.377 e. The number of hydrogen-bond acceptors (Lipinski definition) is 4. The Kier molecular flexibility index (Phi) is 3.42. The van der Waals surface area contributed by atoms with E-state index in [4.69, 9.17) is 4.74 Å². The van der Waals surface area contributed by atoms with Crippen molar-refractivity contribution >= 4 is 17.7 Å². The summed E-state index contributed by atoms with van der Waals surface area (Å²) in [5.74, 6) is 2.05. The SMILES string of the molecule is O=C(c1ccncc1)N1CC2(C[C@H](OCC3CC3)CS2)C1. The molecule has 0 aromatic carbocycles. The van der Waals surface area contributed by atoms with E-state index in [1.807, 2.05) is 16.7 Å². The number of rotatable bonds is 4. The van der Waals surface area contributed by atoms with Gasteiger partial charge in [-0.15, -0.1) is 11.8 Å². The van der Waals surface area contributed by atoms with E-state index in [2.05, 4.69) is 4.98 Å². The number of carbonyl (C=O) groups excluding carboxylic acids is 1. The Bertz CT molecular complexity index is 526. The summed E-state index contributed by atoms with van der Waals surface area (Å²) in [6.45, 7) is 2.67. The highest BCUT2D eigenvalue weighted by Crippen LogP contribution is 2.46. The molecule has 2 saturated heterocycles. The maximum Gasteiger partial charge on any atom is 0.254 e. The molecule has 3 fully saturated rings. The quantitative estimate of drug-likeness (QED) is 0.855. The van der Waals surface area contributed by atoms with E-state index >= 15 is 0 Å². The molecule has 5 heteroatoms. The number of thioether (sulfide) groups is 1. The molecule has 3 aliphatic rings. The van der Waals surface area contributed by atoms with Crippen LogP contribution < -0.4 is 0 Å². The molecule has 1 spiro atoms. The number of ether oxygens (including phenoxy) is 1. The molecule has 0 unspecified atom stereocenters. The molecule has 0 bridgehead atoms. The average Bonchev–Trinajstić information content (AvgIpc) is 3.22. The Balaban J connectivity index is 1.29. The molecule has 0 N–H and O–H groups in total. The number of amides is 1. The minimum absolute atomic E-state index is 0.131. The number of nitrogens with zero attached hydrogens (tertiary/aromatic N) is 2. The van der Waals surface area contributed by atoms with E-state index in [0.29, 0.717) is 6.10 Å². The van der Waals surface area contributed by atoms with E-state index in [0.717, 1.165) is 43.4 Å². The molecular weight excluding hydrogens is 284 g/mol. The van der Waals surface area contributed by atoms with Gasteiger partial charge in [0.1, 0.15) is 0 Å². The number of hydrogen-bond donors (Lipinski definition) is 0. The van der Waals surface area contributed by atoms with E-state index in [-0.39, 0.29) is 10.7 Å². The third-order valence-electron chi connectivity index (χ3n) is 4.61. The molecule has 1 saturated carbocycles. The molecule has 0 radical (unpaired) electrons. The summed E-state index contributed by atoms with van der Waals surface area (Å²) in [4.78, 5) is 18.2. The highest BCUT2D eigenvalue weighted by atomic mass is 32.2. The molecule has 1 atom stereocenters. The molecule has 4 rings (SSSR count). The third kappa shape index (κ3) is 2.81. The van der Waals surface area contributed by atoms with Gasteiger partial charge >= 0.3 is 0 Å². The van der Waals surface area contributed by atoms with Crippen LogP contribution in [-0.2, 0) is 4.74 Å². The van der Waals surface area contributed by atoms with Crippen molar-refractivity contribution in [3.8, 4) is 0 Å². The zero-order valence-corrected chi connectivity index (χ0v) is 12.8.